The zero-order valence-electron chi connectivity index (χ0n) is 10.3. The van der Waals surface area contributed by atoms with Gasteiger partial charge in [0.15, 0.2) is 0 Å². The number of terminal acetylenes is 1. The SMILES string of the molecule is C#CCN(C)S(=O)(=O)c1ccc([N+](=O)[O-])cc1C(=O)O. The minimum absolute atomic E-state index is 0.252. The Balaban J connectivity index is 3.50. The summed E-state index contributed by atoms with van der Waals surface area (Å²) in [5.74, 6) is 0.531. The van der Waals surface area contributed by atoms with E-state index >= 15 is 0 Å². The summed E-state index contributed by atoms with van der Waals surface area (Å²) in [5.41, 5.74) is -1.19. The van der Waals surface area contributed by atoms with Gasteiger partial charge in [-0.05, 0) is 6.07 Å². The first-order valence-electron chi connectivity index (χ1n) is 5.13. The van der Waals surface area contributed by atoms with Crippen LogP contribution in [0.3, 0.4) is 0 Å². The van der Waals surface area contributed by atoms with Crippen molar-refractivity contribution in [1.29, 1.82) is 0 Å². The smallest absolute Gasteiger partial charge is 0.337 e. The summed E-state index contributed by atoms with van der Waals surface area (Å²) in [4.78, 5) is 20.3. The number of carbonyl (C=O) groups is 1. The fraction of sp³-hybridized carbons (Fsp3) is 0.182. The van der Waals surface area contributed by atoms with Crippen molar-refractivity contribution in [3.63, 3.8) is 0 Å². The lowest BCUT2D eigenvalue weighted by Crippen LogP contribution is -2.28. The van der Waals surface area contributed by atoms with Gasteiger partial charge >= 0.3 is 5.97 Å². The van der Waals surface area contributed by atoms with E-state index in [-0.39, 0.29) is 6.54 Å². The number of nitro benzene ring substituents is 1. The van der Waals surface area contributed by atoms with Gasteiger partial charge in [0.1, 0.15) is 0 Å². The maximum absolute atomic E-state index is 12.1. The van der Waals surface area contributed by atoms with Crippen LogP contribution in [0.15, 0.2) is 23.1 Å². The van der Waals surface area contributed by atoms with Crippen molar-refractivity contribution >= 4 is 21.7 Å². The summed E-state index contributed by atoms with van der Waals surface area (Å²) in [7, 11) is -2.95. The van der Waals surface area contributed by atoms with E-state index in [0.717, 1.165) is 16.4 Å². The monoisotopic (exact) mass is 298 g/mol. The maximum Gasteiger partial charge on any atom is 0.337 e. The minimum Gasteiger partial charge on any atom is -0.478 e. The van der Waals surface area contributed by atoms with Crippen LogP contribution in [0.5, 0.6) is 0 Å². The summed E-state index contributed by atoms with van der Waals surface area (Å²) in [5, 5.41) is 19.6. The van der Waals surface area contributed by atoms with Crippen LogP contribution < -0.4 is 0 Å². The molecule has 1 aromatic carbocycles. The highest BCUT2D eigenvalue weighted by Gasteiger charge is 2.28. The predicted molar refractivity (Wildman–Crippen MR) is 68.7 cm³/mol. The number of hydrogen-bond acceptors (Lipinski definition) is 5. The summed E-state index contributed by atoms with van der Waals surface area (Å²) in [6.07, 6.45) is 5.00. The molecular weight excluding hydrogens is 288 g/mol. The zero-order chi connectivity index (χ0) is 15.5. The number of benzene rings is 1. The minimum atomic E-state index is -4.13. The van der Waals surface area contributed by atoms with E-state index in [1.54, 1.807) is 0 Å². The maximum atomic E-state index is 12.1. The largest absolute Gasteiger partial charge is 0.478 e. The van der Waals surface area contributed by atoms with Gasteiger partial charge in [0.05, 0.1) is 21.9 Å². The average molecular weight is 298 g/mol. The van der Waals surface area contributed by atoms with Crippen LogP contribution in [-0.4, -0.2) is 42.3 Å². The van der Waals surface area contributed by atoms with Gasteiger partial charge in [-0.2, -0.15) is 4.31 Å². The molecule has 0 bridgehead atoms. The van der Waals surface area contributed by atoms with E-state index in [1.807, 2.05) is 0 Å². The molecule has 106 valence electrons. The molecule has 20 heavy (non-hydrogen) atoms. The summed E-state index contributed by atoms with van der Waals surface area (Å²) >= 11 is 0. The highest BCUT2D eigenvalue weighted by molar-refractivity contribution is 7.89. The normalized spacial score (nSPS) is 11.1. The standard InChI is InChI=1S/C11H10N2O6S/c1-3-6-12(2)20(18,19)10-5-4-8(13(16)17)7-9(10)11(14)15/h1,4-5,7H,6H2,2H3,(H,14,15). The van der Waals surface area contributed by atoms with Crippen LogP contribution in [0.2, 0.25) is 0 Å². The Hall–Kier alpha value is -2.44. The van der Waals surface area contributed by atoms with Crippen molar-refractivity contribution in [2.45, 2.75) is 4.90 Å². The molecule has 0 unspecified atom stereocenters. The second kappa shape index (κ2) is 5.68. The third-order valence-electron chi connectivity index (χ3n) is 2.41. The lowest BCUT2D eigenvalue weighted by molar-refractivity contribution is -0.384. The molecule has 0 aliphatic heterocycles. The number of rotatable bonds is 5. The van der Waals surface area contributed by atoms with Gasteiger partial charge in [-0.15, -0.1) is 6.42 Å². The lowest BCUT2D eigenvalue weighted by Gasteiger charge is -2.15. The number of aromatic carboxylic acids is 1. The molecule has 1 aromatic rings. The number of non-ortho nitro benzene ring substituents is 1. The van der Waals surface area contributed by atoms with Gasteiger partial charge in [-0.3, -0.25) is 10.1 Å². The van der Waals surface area contributed by atoms with E-state index in [0.29, 0.717) is 6.07 Å². The Morgan fingerprint density at radius 3 is 2.60 bits per heavy atom. The average Bonchev–Trinajstić information content (AvgIpc) is 2.38. The van der Waals surface area contributed by atoms with Crippen molar-refractivity contribution in [2.24, 2.45) is 0 Å². The van der Waals surface area contributed by atoms with E-state index in [9.17, 15) is 23.3 Å². The van der Waals surface area contributed by atoms with Crippen LogP contribution in [0.25, 0.3) is 0 Å². The molecule has 1 N–H and O–H groups in total. The second-order valence-electron chi connectivity index (χ2n) is 3.71. The second-order valence-corrected chi connectivity index (χ2v) is 5.72. The topological polar surface area (TPSA) is 118 Å². The molecule has 0 saturated carbocycles. The number of nitrogens with zero attached hydrogens (tertiary/aromatic N) is 2. The molecule has 0 radical (unpaired) electrons. The summed E-state index contributed by atoms with van der Waals surface area (Å²) in [6, 6.07) is 2.49. The first-order valence-corrected chi connectivity index (χ1v) is 6.57. The molecule has 0 atom stereocenters. The van der Waals surface area contributed by atoms with Crippen LogP contribution >= 0.6 is 0 Å². The third kappa shape index (κ3) is 2.93. The molecule has 0 heterocycles. The van der Waals surface area contributed by atoms with Crippen LogP contribution in [0.1, 0.15) is 10.4 Å². The molecule has 0 aliphatic carbocycles. The van der Waals surface area contributed by atoms with Gasteiger partial charge in [0, 0.05) is 19.2 Å². The molecule has 8 nitrogen and oxygen atoms in total. The molecule has 1 rings (SSSR count). The van der Waals surface area contributed by atoms with E-state index in [2.05, 4.69) is 5.92 Å². The van der Waals surface area contributed by atoms with Crippen molar-refractivity contribution in [3.8, 4) is 12.3 Å². The molecule has 0 amide bonds. The molecule has 0 aromatic heterocycles. The Morgan fingerprint density at radius 1 is 1.55 bits per heavy atom. The van der Waals surface area contributed by atoms with Crippen molar-refractivity contribution in [1.82, 2.24) is 4.31 Å². The molecule has 0 fully saturated rings. The Labute approximate surface area is 114 Å². The quantitative estimate of drug-likeness (QED) is 0.481. The highest BCUT2D eigenvalue weighted by Crippen LogP contribution is 2.24. The molecule has 0 spiro atoms. The predicted octanol–water partition coefficient (Wildman–Crippen LogP) is 0.547. The van der Waals surface area contributed by atoms with E-state index in [4.69, 9.17) is 11.5 Å². The number of hydrogen-bond donors (Lipinski definition) is 1. The number of sulfonamides is 1. The van der Waals surface area contributed by atoms with Gasteiger partial charge in [-0.1, -0.05) is 5.92 Å². The van der Waals surface area contributed by atoms with Gasteiger partial charge in [0.2, 0.25) is 10.0 Å². The van der Waals surface area contributed by atoms with Crippen molar-refractivity contribution in [3.05, 3.63) is 33.9 Å². The van der Waals surface area contributed by atoms with Gasteiger partial charge in [-0.25, -0.2) is 13.2 Å². The van der Waals surface area contributed by atoms with E-state index in [1.165, 1.54) is 7.05 Å². The van der Waals surface area contributed by atoms with Crippen LogP contribution in [0, 0.1) is 22.5 Å². The molecular formula is C11H10N2O6S. The number of carboxylic acid groups (broad SMARTS) is 1. The van der Waals surface area contributed by atoms with Crippen molar-refractivity contribution < 1.29 is 23.2 Å². The van der Waals surface area contributed by atoms with Crippen LogP contribution in [-0.2, 0) is 10.0 Å². The third-order valence-corrected chi connectivity index (χ3v) is 4.27. The molecule has 9 heteroatoms. The highest BCUT2D eigenvalue weighted by atomic mass is 32.2. The fourth-order valence-corrected chi connectivity index (χ4v) is 2.65. The summed E-state index contributed by atoms with van der Waals surface area (Å²) in [6.45, 7) is -0.252. The van der Waals surface area contributed by atoms with Crippen molar-refractivity contribution in [2.75, 3.05) is 13.6 Å². The number of nitro groups is 1. The lowest BCUT2D eigenvalue weighted by atomic mass is 10.2. The fourth-order valence-electron chi connectivity index (χ4n) is 1.41. The Kier molecular flexibility index (Phi) is 4.44. The number of carboxylic acids is 1. The molecule has 0 aliphatic rings. The summed E-state index contributed by atoms with van der Waals surface area (Å²) < 4.78 is 25.0. The van der Waals surface area contributed by atoms with Crippen LogP contribution in [0.4, 0.5) is 5.69 Å². The first-order chi connectivity index (χ1) is 9.21. The van der Waals surface area contributed by atoms with E-state index < -0.39 is 37.1 Å². The Morgan fingerprint density at radius 2 is 2.15 bits per heavy atom. The van der Waals surface area contributed by atoms with Gasteiger partial charge in [0.25, 0.3) is 5.69 Å². The Bertz CT molecular complexity index is 704. The zero-order valence-corrected chi connectivity index (χ0v) is 11.1. The first kappa shape index (κ1) is 15.6. The molecule has 0 saturated heterocycles. The van der Waals surface area contributed by atoms with Gasteiger partial charge < -0.3 is 5.11 Å².